The molecule has 5 heteroatoms. The summed E-state index contributed by atoms with van der Waals surface area (Å²) in [6, 6.07) is 12.0. The van der Waals surface area contributed by atoms with Crippen LogP contribution in [-0.2, 0) is 21.8 Å². The lowest BCUT2D eigenvalue weighted by Gasteiger charge is -2.25. The monoisotopic (exact) mass is 293 g/mol. The van der Waals surface area contributed by atoms with Crippen LogP contribution in [0, 0.1) is 6.92 Å². The molecule has 2 aromatic carbocycles. The van der Waals surface area contributed by atoms with Crippen LogP contribution in [0.5, 0.6) is 0 Å². The van der Waals surface area contributed by atoms with Gasteiger partial charge in [-0.1, -0.05) is 30.3 Å². The van der Waals surface area contributed by atoms with Crippen molar-refractivity contribution in [1.82, 2.24) is 4.72 Å². The highest BCUT2D eigenvalue weighted by molar-refractivity contribution is 7.87. The molecular weight excluding hydrogens is 278 g/mol. The molecule has 1 fully saturated rings. The van der Waals surface area contributed by atoms with E-state index in [1.807, 2.05) is 36.4 Å². The highest BCUT2D eigenvalue weighted by atomic mass is 32.2. The Hall–Kier alpha value is -1.04. The van der Waals surface area contributed by atoms with Crippen LogP contribution >= 0.6 is 0 Å². The minimum Gasteiger partial charge on any atom is -0.259 e. The first-order valence-electron chi connectivity index (χ1n) is 6.16. The molecule has 1 aliphatic heterocycles. The zero-order valence-corrected chi connectivity index (χ0v) is 12.2. The number of hydrogen-bond acceptors (Lipinski definition) is 2. The van der Waals surface area contributed by atoms with E-state index in [9.17, 15) is 8.42 Å². The van der Waals surface area contributed by atoms with Crippen molar-refractivity contribution in [1.29, 1.82) is 0 Å². The molecule has 19 heavy (non-hydrogen) atoms. The Labute approximate surface area is 117 Å². The predicted octanol–water partition coefficient (Wildman–Crippen LogP) is 1.89. The molecule has 1 saturated heterocycles. The van der Waals surface area contributed by atoms with E-state index in [4.69, 9.17) is 0 Å². The first-order chi connectivity index (χ1) is 9.15. The van der Waals surface area contributed by atoms with Crippen molar-refractivity contribution in [2.75, 3.05) is 11.5 Å². The fourth-order valence-corrected chi connectivity index (χ4v) is 4.61. The average Bonchev–Trinajstić information content (AvgIpc) is 2.37. The molecule has 0 amide bonds. The van der Waals surface area contributed by atoms with Crippen LogP contribution in [0.4, 0.5) is 0 Å². The second kappa shape index (κ2) is 5.15. The molecule has 3 rings (SSSR count). The van der Waals surface area contributed by atoms with Gasteiger partial charge in [0.1, 0.15) is 11.0 Å². The van der Waals surface area contributed by atoms with E-state index in [2.05, 4.69) is 11.6 Å². The fraction of sp³-hybridized carbons (Fsp3) is 0.286. The third-order valence-electron chi connectivity index (χ3n) is 3.35. The van der Waals surface area contributed by atoms with Gasteiger partial charge in [0.2, 0.25) is 0 Å². The second-order valence-electron chi connectivity index (χ2n) is 4.78. The molecule has 100 valence electrons. The first-order valence-corrected chi connectivity index (χ1v) is 8.80. The van der Waals surface area contributed by atoms with Gasteiger partial charge in [0.25, 0.3) is 0 Å². The van der Waals surface area contributed by atoms with Gasteiger partial charge in [-0.2, -0.15) is 0 Å². The lowest BCUT2D eigenvalue weighted by atomic mass is 10.1. The van der Waals surface area contributed by atoms with Gasteiger partial charge in [-0.05, 0) is 29.3 Å². The van der Waals surface area contributed by atoms with Crippen LogP contribution in [0.1, 0.15) is 5.56 Å². The summed E-state index contributed by atoms with van der Waals surface area (Å²) < 4.78 is 26.5. The Morgan fingerprint density at radius 1 is 1.16 bits per heavy atom. The molecule has 0 aliphatic carbocycles. The third kappa shape index (κ3) is 2.50. The zero-order chi connectivity index (χ0) is 13.4. The maximum atomic E-state index is 12.4. The summed E-state index contributed by atoms with van der Waals surface area (Å²) in [5.41, 5.74) is 1.18. The molecular formula is C14H15NO2S2. The number of benzene rings is 2. The molecule has 1 aliphatic rings. The maximum Gasteiger partial charge on any atom is 0.125 e. The summed E-state index contributed by atoms with van der Waals surface area (Å²) in [5, 5.41) is 2.15. The molecule has 3 nitrogen and oxygen atoms in total. The quantitative estimate of drug-likeness (QED) is 0.939. The molecule has 1 N–H and O–H groups in total. The normalized spacial score (nSPS) is 24.1. The molecule has 1 heterocycles. The summed E-state index contributed by atoms with van der Waals surface area (Å²) in [6.45, 7) is 2.05. The predicted molar refractivity (Wildman–Crippen MR) is 79.9 cm³/mol. The van der Waals surface area contributed by atoms with Crippen molar-refractivity contribution < 1.29 is 8.42 Å². The maximum absolute atomic E-state index is 12.4. The van der Waals surface area contributed by atoms with Crippen LogP contribution in [0.3, 0.4) is 0 Å². The van der Waals surface area contributed by atoms with Gasteiger partial charge in [-0.3, -0.25) is 4.21 Å². The van der Waals surface area contributed by atoms with Gasteiger partial charge >= 0.3 is 0 Å². The number of fused-ring (bicyclic) bond motifs is 1. The van der Waals surface area contributed by atoms with Crippen molar-refractivity contribution >= 4 is 32.6 Å². The standard InChI is InChI=1S/C14H15NO2S2/c1-10-6-7-14(13-5-3-2-4-12(10)13)19(17)15-11-8-18(16)9-11/h2-7,11,15H,8-9H2,1H3. The number of aryl methyl sites for hydroxylation is 1. The number of nitrogens with one attached hydrogen (secondary N) is 1. The van der Waals surface area contributed by atoms with E-state index >= 15 is 0 Å². The Morgan fingerprint density at radius 2 is 1.84 bits per heavy atom. The lowest BCUT2D eigenvalue weighted by Crippen LogP contribution is -2.48. The average molecular weight is 293 g/mol. The fourth-order valence-electron chi connectivity index (χ4n) is 2.27. The minimum atomic E-state index is -1.24. The first kappa shape index (κ1) is 13.0. The summed E-state index contributed by atoms with van der Waals surface area (Å²) in [4.78, 5) is 0.805. The zero-order valence-electron chi connectivity index (χ0n) is 10.6. The van der Waals surface area contributed by atoms with Crippen molar-refractivity contribution in [3.63, 3.8) is 0 Å². The third-order valence-corrected chi connectivity index (χ3v) is 6.20. The Bertz CT molecular complexity index is 676. The van der Waals surface area contributed by atoms with Crippen molar-refractivity contribution in [2.45, 2.75) is 17.9 Å². The molecule has 0 radical (unpaired) electrons. The summed E-state index contributed by atoms with van der Waals surface area (Å²) in [6.07, 6.45) is 0. The van der Waals surface area contributed by atoms with Crippen LogP contribution in [0.25, 0.3) is 10.8 Å². The van der Waals surface area contributed by atoms with Gasteiger partial charge in [0, 0.05) is 28.3 Å². The second-order valence-corrected chi connectivity index (χ2v) is 7.54. The van der Waals surface area contributed by atoms with Crippen LogP contribution < -0.4 is 4.72 Å². The van der Waals surface area contributed by atoms with Crippen molar-refractivity contribution in [2.24, 2.45) is 0 Å². The van der Waals surface area contributed by atoms with E-state index in [-0.39, 0.29) is 6.04 Å². The van der Waals surface area contributed by atoms with Gasteiger partial charge in [0.05, 0.1) is 4.90 Å². The molecule has 2 aromatic rings. The van der Waals surface area contributed by atoms with Crippen molar-refractivity contribution in [3.05, 3.63) is 42.0 Å². The lowest BCUT2D eigenvalue weighted by molar-refractivity contribution is 0.624. The molecule has 0 saturated carbocycles. The summed E-state index contributed by atoms with van der Waals surface area (Å²) in [7, 11) is -1.97. The van der Waals surface area contributed by atoms with E-state index in [0.717, 1.165) is 15.7 Å². The topological polar surface area (TPSA) is 46.2 Å². The van der Waals surface area contributed by atoms with E-state index < -0.39 is 21.8 Å². The van der Waals surface area contributed by atoms with Crippen molar-refractivity contribution in [3.8, 4) is 0 Å². The Kier molecular flexibility index (Phi) is 3.52. The number of rotatable bonds is 3. The molecule has 0 aromatic heterocycles. The summed E-state index contributed by atoms with van der Waals surface area (Å²) in [5.74, 6) is 1.21. The van der Waals surface area contributed by atoms with Gasteiger partial charge in [-0.15, -0.1) is 0 Å². The van der Waals surface area contributed by atoms with Gasteiger partial charge in [0.15, 0.2) is 0 Å². The number of hydrogen-bond donors (Lipinski definition) is 1. The van der Waals surface area contributed by atoms with E-state index in [1.165, 1.54) is 5.56 Å². The smallest absolute Gasteiger partial charge is 0.125 e. The summed E-state index contributed by atoms with van der Waals surface area (Å²) >= 11 is 0. The Balaban J connectivity index is 1.94. The molecule has 1 atom stereocenters. The molecule has 1 unspecified atom stereocenters. The van der Waals surface area contributed by atoms with Crippen LogP contribution in [-0.4, -0.2) is 26.0 Å². The highest BCUT2D eigenvalue weighted by Crippen LogP contribution is 2.24. The van der Waals surface area contributed by atoms with Crippen LogP contribution in [0.2, 0.25) is 0 Å². The van der Waals surface area contributed by atoms with E-state index in [1.54, 1.807) is 0 Å². The van der Waals surface area contributed by atoms with Gasteiger partial charge < -0.3 is 0 Å². The van der Waals surface area contributed by atoms with Crippen LogP contribution in [0.15, 0.2) is 41.3 Å². The SMILES string of the molecule is Cc1ccc(S(=O)NC2CS(=O)C2)c2ccccc12. The largest absolute Gasteiger partial charge is 0.259 e. The molecule has 0 spiro atoms. The molecule has 0 bridgehead atoms. The Morgan fingerprint density at radius 3 is 2.53 bits per heavy atom. The van der Waals surface area contributed by atoms with E-state index in [0.29, 0.717) is 11.5 Å². The van der Waals surface area contributed by atoms with Gasteiger partial charge in [-0.25, -0.2) is 8.93 Å². The minimum absolute atomic E-state index is 0.113. The highest BCUT2D eigenvalue weighted by Gasteiger charge is 2.27.